The summed E-state index contributed by atoms with van der Waals surface area (Å²) in [4.78, 5) is 13.2. The number of nitrogens with two attached hydrogens (primary N) is 1. The number of nitrogens with one attached hydrogen (secondary N) is 1. The second kappa shape index (κ2) is 11.4. The Kier molecular flexibility index (Phi) is 8.19. The number of fused-ring (bicyclic) bond motifs is 1. The van der Waals surface area contributed by atoms with Gasteiger partial charge in [-0.05, 0) is 71.0 Å². The molecule has 0 unspecified atom stereocenters. The van der Waals surface area contributed by atoms with Crippen LogP contribution in [-0.2, 0) is 5.41 Å². The number of carbonyl (C=O) groups is 1. The van der Waals surface area contributed by atoms with Gasteiger partial charge in [0.25, 0.3) is 5.91 Å². The van der Waals surface area contributed by atoms with Gasteiger partial charge in [0.2, 0.25) is 0 Å². The van der Waals surface area contributed by atoms with Crippen molar-refractivity contribution >= 4 is 28.1 Å². The first-order chi connectivity index (χ1) is 18.4. The zero-order chi connectivity index (χ0) is 28.2. The van der Waals surface area contributed by atoms with Crippen LogP contribution in [0.1, 0.15) is 62.5 Å². The summed E-state index contributed by atoms with van der Waals surface area (Å²) < 4.78 is 12.0. The maximum atomic E-state index is 13.2. The number of amides is 1. The highest BCUT2D eigenvalue weighted by molar-refractivity contribution is 6.13. The van der Waals surface area contributed by atoms with E-state index in [1.54, 1.807) is 6.07 Å². The minimum atomic E-state index is -0.278. The predicted octanol–water partition coefficient (Wildman–Crippen LogP) is 8.15. The Balaban J connectivity index is 1.37. The average Bonchev–Trinajstić information content (AvgIpc) is 2.87. The molecule has 3 N–H and O–H groups in total. The van der Waals surface area contributed by atoms with Crippen molar-refractivity contribution in [1.29, 1.82) is 0 Å². The van der Waals surface area contributed by atoms with Crippen molar-refractivity contribution in [1.82, 2.24) is 0 Å². The second-order valence-corrected chi connectivity index (χ2v) is 12.0. The fourth-order valence-corrected chi connectivity index (χ4v) is 5.29. The SMILES string of the molecule is Cc1ccc(OCCOc2ccc(C(C)(C)CC(C)(C)C)cc2)c(NC(=O)c2ccc3ccccc3c2N)c1. The molecule has 39 heavy (non-hydrogen) atoms. The molecule has 4 rings (SSSR count). The lowest BCUT2D eigenvalue weighted by molar-refractivity contribution is 0.102. The van der Waals surface area contributed by atoms with Crippen LogP contribution in [-0.4, -0.2) is 19.1 Å². The molecule has 204 valence electrons. The lowest BCUT2D eigenvalue weighted by Gasteiger charge is -2.33. The summed E-state index contributed by atoms with van der Waals surface area (Å²) in [5, 5.41) is 4.83. The number of hydrogen-bond donors (Lipinski definition) is 2. The van der Waals surface area contributed by atoms with Crippen LogP contribution in [0.4, 0.5) is 11.4 Å². The molecule has 4 aromatic carbocycles. The van der Waals surface area contributed by atoms with E-state index in [1.807, 2.05) is 67.6 Å². The molecule has 0 aromatic heterocycles. The van der Waals surface area contributed by atoms with Crippen molar-refractivity contribution in [3.63, 3.8) is 0 Å². The van der Waals surface area contributed by atoms with Gasteiger partial charge in [0, 0.05) is 5.39 Å². The Labute approximate surface area is 232 Å². The average molecular weight is 525 g/mol. The lowest BCUT2D eigenvalue weighted by atomic mass is 9.72. The molecule has 0 radical (unpaired) electrons. The molecule has 0 saturated carbocycles. The normalized spacial score (nSPS) is 11.8. The summed E-state index contributed by atoms with van der Waals surface area (Å²) in [6.45, 7) is 14.1. The number of rotatable bonds is 9. The van der Waals surface area contributed by atoms with Crippen molar-refractivity contribution in [3.8, 4) is 11.5 Å². The Morgan fingerprint density at radius 3 is 2.26 bits per heavy atom. The van der Waals surface area contributed by atoms with E-state index < -0.39 is 0 Å². The van der Waals surface area contributed by atoms with Gasteiger partial charge in [0.1, 0.15) is 24.7 Å². The minimum Gasteiger partial charge on any atom is -0.490 e. The molecule has 0 heterocycles. The zero-order valence-corrected chi connectivity index (χ0v) is 23.9. The standard InChI is InChI=1S/C34H40N2O3/c1-23-11-18-30(29(21-23)36-32(37)28-17-12-24-9-7-8-10-27(24)31(28)35)39-20-19-38-26-15-13-25(14-16-26)34(5,6)22-33(2,3)4/h7-18,21H,19-20,22,35H2,1-6H3,(H,36,37). The summed E-state index contributed by atoms with van der Waals surface area (Å²) in [5.41, 5.74) is 10.5. The Hall–Kier alpha value is -3.99. The van der Waals surface area contributed by atoms with Gasteiger partial charge < -0.3 is 20.5 Å². The molecule has 5 heteroatoms. The van der Waals surface area contributed by atoms with Gasteiger partial charge in [0.05, 0.1) is 16.9 Å². The monoisotopic (exact) mass is 524 g/mol. The second-order valence-electron chi connectivity index (χ2n) is 12.0. The smallest absolute Gasteiger partial charge is 0.257 e. The summed E-state index contributed by atoms with van der Waals surface area (Å²) in [6, 6.07) is 25.5. The molecular formula is C34H40N2O3. The van der Waals surface area contributed by atoms with Crippen molar-refractivity contribution in [3.05, 3.63) is 95.6 Å². The highest BCUT2D eigenvalue weighted by Gasteiger charge is 2.27. The first-order valence-electron chi connectivity index (χ1n) is 13.5. The van der Waals surface area contributed by atoms with Gasteiger partial charge in [0.15, 0.2) is 0 Å². The van der Waals surface area contributed by atoms with E-state index in [9.17, 15) is 4.79 Å². The van der Waals surface area contributed by atoms with Crippen LogP contribution >= 0.6 is 0 Å². The van der Waals surface area contributed by atoms with Crippen molar-refractivity contribution in [2.24, 2.45) is 5.41 Å². The van der Waals surface area contributed by atoms with E-state index in [-0.39, 0.29) is 16.7 Å². The van der Waals surface area contributed by atoms with Gasteiger partial charge in [-0.15, -0.1) is 0 Å². The van der Waals surface area contributed by atoms with Gasteiger partial charge in [-0.3, -0.25) is 4.79 Å². The molecule has 0 aliphatic heterocycles. The molecule has 5 nitrogen and oxygen atoms in total. The molecule has 0 saturated heterocycles. The Morgan fingerprint density at radius 1 is 0.846 bits per heavy atom. The van der Waals surface area contributed by atoms with E-state index in [1.165, 1.54) is 5.56 Å². The zero-order valence-electron chi connectivity index (χ0n) is 23.9. The van der Waals surface area contributed by atoms with Gasteiger partial charge >= 0.3 is 0 Å². The predicted molar refractivity (Wildman–Crippen MR) is 162 cm³/mol. The van der Waals surface area contributed by atoms with Crippen LogP contribution in [0.25, 0.3) is 10.8 Å². The largest absolute Gasteiger partial charge is 0.490 e. The van der Waals surface area contributed by atoms with Crippen molar-refractivity contribution in [2.75, 3.05) is 24.3 Å². The Bertz CT molecular complexity index is 1450. The van der Waals surface area contributed by atoms with Crippen LogP contribution in [0, 0.1) is 12.3 Å². The highest BCUT2D eigenvalue weighted by Crippen LogP contribution is 2.36. The maximum Gasteiger partial charge on any atom is 0.257 e. The van der Waals surface area contributed by atoms with E-state index in [0.717, 1.165) is 28.5 Å². The molecule has 0 bridgehead atoms. The van der Waals surface area contributed by atoms with Gasteiger partial charge in [-0.2, -0.15) is 0 Å². The third-order valence-corrected chi connectivity index (χ3v) is 6.82. The first kappa shape index (κ1) is 28.0. The molecule has 1 amide bonds. The lowest BCUT2D eigenvalue weighted by Crippen LogP contribution is -2.24. The number of hydrogen-bond acceptors (Lipinski definition) is 4. The molecule has 0 aliphatic carbocycles. The van der Waals surface area contributed by atoms with Crippen LogP contribution < -0.4 is 20.5 Å². The van der Waals surface area contributed by atoms with Gasteiger partial charge in [-0.25, -0.2) is 0 Å². The third kappa shape index (κ3) is 7.11. The van der Waals surface area contributed by atoms with Crippen LogP contribution in [0.2, 0.25) is 0 Å². The van der Waals surface area contributed by atoms with Crippen molar-refractivity contribution < 1.29 is 14.3 Å². The van der Waals surface area contributed by atoms with Crippen LogP contribution in [0.15, 0.2) is 78.9 Å². The molecule has 0 atom stereocenters. The van der Waals surface area contributed by atoms with E-state index >= 15 is 0 Å². The maximum absolute atomic E-state index is 13.2. The number of carbonyl (C=O) groups excluding carboxylic acids is 1. The quantitative estimate of drug-likeness (QED) is 0.171. The number of nitrogen functional groups attached to an aromatic ring is 1. The number of anilines is 2. The first-order valence-corrected chi connectivity index (χ1v) is 13.5. The summed E-state index contributed by atoms with van der Waals surface area (Å²) in [6.07, 6.45) is 1.09. The molecule has 0 fully saturated rings. The summed E-state index contributed by atoms with van der Waals surface area (Å²) in [5.74, 6) is 1.11. The number of benzene rings is 4. The Morgan fingerprint density at radius 2 is 1.54 bits per heavy atom. The topological polar surface area (TPSA) is 73.6 Å². The third-order valence-electron chi connectivity index (χ3n) is 6.82. The molecule has 0 spiro atoms. The van der Waals surface area contributed by atoms with Crippen LogP contribution in [0.3, 0.4) is 0 Å². The number of ether oxygens (including phenoxy) is 2. The van der Waals surface area contributed by atoms with E-state index in [4.69, 9.17) is 15.2 Å². The fourth-order valence-electron chi connectivity index (χ4n) is 5.29. The van der Waals surface area contributed by atoms with Crippen LogP contribution in [0.5, 0.6) is 11.5 Å². The number of aryl methyl sites for hydroxylation is 1. The summed E-state index contributed by atoms with van der Waals surface area (Å²) >= 11 is 0. The van der Waals surface area contributed by atoms with Crippen molar-refractivity contribution in [2.45, 2.75) is 53.4 Å². The molecular weight excluding hydrogens is 484 g/mol. The minimum absolute atomic E-state index is 0.0870. The summed E-state index contributed by atoms with van der Waals surface area (Å²) in [7, 11) is 0. The van der Waals surface area contributed by atoms with E-state index in [0.29, 0.717) is 35.9 Å². The van der Waals surface area contributed by atoms with Gasteiger partial charge in [-0.1, -0.05) is 83.1 Å². The van der Waals surface area contributed by atoms with E-state index in [2.05, 4.69) is 52.1 Å². The molecule has 0 aliphatic rings. The highest BCUT2D eigenvalue weighted by atomic mass is 16.5. The fraction of sp³-hybridized carbons (Fsp3) is 0.324. The molecule has 4 aromatic rings.